The van der Waals surface area contributed by atoms with Crippen LogP contribution in [0.2, 0.25) is 0 Å². The van der Waals surface area contributed by atoms with Gasteiger partial charge in [-0.2, -0.15) is 0 Å². The van der Waals surface area contributed by atoms with Gasteiger partial charge in [0.2, 0.25) is 0 Å². The molecule has 0 aliphatic heterocycles. The third kappa shape index (κ3) is 5.59. The van der Waals surface area contributed by atoms with Gasteiger partial charge in [0.05, 0.1) is 6.34 Å². The summed E-state index contributed by atoms with van der Waals surface area (Å²) in [5.74, 6) is 0. The summed E-state index contributed by atoms with van der Waals surface area (Å²) in [4.78, 5) is 17.9. The monoisotopic (exact) mass is 501 g/mol. The van der Waals surface area contributed by atoms with Crippen LogP contribution >= 0.6 is 0 Å². The zero-order chi connectivity index (χ0) is 26.8. The second-order valence-corrected chi connectivity index (χ2v) is 12.2. The molecule has 198 valence electrons. The van der Waals surface area contributed by atoms with E-state index in [9.17, 15) is 4.79 Å². The Labute approximate surface area is 221 Å². The Hall–Kier alpha value is -3.12. The van der Waals surface area contributed by atoms with Gasteiger partial charge in [-0.05, 0) is 92.8 Å². The lowest BCUT2D eigenvalue weighted by molar-refractivity contribution is 0.0495. The van der Waals surface area contributed by atoms with Crippen LogP contribution in [-0.2, 0) is 12.0 Å². The van der Waals surface area contributed by atoms with Gasteiger partial charge in [-0.3, -0.25) is 15.1 Å². The van der Waals surface area contributed by atoms with Crippen molar-refractivity contribution < 1.29 is 0 Å². The number of H-pyrrole nitrogens is 1. The van der Waals surface area contributed by atoms with Crippen molar-refractivity contribution in [3.63, 3.8) is 0 Å². The number of aromatic nitrogens is 1. The predicted molar refractivity (Wildman–Crippen MR) is 155 cm³/mol. The second kappa shape index (κ2) is 10.3. The maximum Gasteiger partial charge on any atom is 0.255 e. The van der Waals surface area contributed by atoms with Crippen molar-refractivity contribution in [2.75, 3.05) is 18.9 Å². The van der Waals surface area contributed by atoms with Gasteiger partial charge < -0.3 is 15.6 Å². The minimum atomic E-state index is -0.167. The molecule has 0 radical (unpaired) electrons. The summed E-state index contributed by atoms with van der Waals surface area (Å²) in [6.45, 7) is 16.9. The first kappa shape index (κ1) is 26.9. The number of hydrogen-bond donors (Lipinski definition) is 4. The maximum atomic E-state index is 12.6. The summed E-state index contributed by atoms with van der Waals surface area (Å²) in [5.41, 5.74) is 6.01. The number of aromatic amines is 1. The number of pyridine rings is 1. The van der Waals surface area contributed by atoms with Crippen LogP contribution in [-0.4, -0.2) is 35.4 Å². The van der Waals surface area contributed by atoms with E-state index >= 15 is 0 Å². The van der Waals surface area contributed by atoms with E-state index in [2.05, 4.69) is 85.8 Å². The molecule has 37 heavy (non-hydrogen) atoms. The summed E-state index contributed by atoms with van der Waals surface area (Å²) in [7, 11) is 2.17. The Morgan fingerprint density at radius 2 is 1.92 bits per heavy atom. The lowest BCUT2D eigenvalue weighted by Gasteiger charge is -2.54. The van der Waals surface area contributed by atoms with Crippen molar-refractivity contribution in [2.45, 2.75) is 76.8 Å². The fourth-order valence-corrected chi connectivity index (χ4v) is 6.24. The number of allylic oxidation sites excluding steroid dienone is 1. The molecule has 0 bridgehead atoms. The Morgan fingerprint density at radius 3 is 2.54 bits per heavy atom. The smallest absolute Gasteiger partial charge is 0.255 e. The van der Waals surface area contributed by atoms with Gasteiger partial charge in [0.1, 0.15) is 0 Å². The fourth-order valence-electron chi connectivity index (χ4n) is 6.24. The lowest BCUT2D eigenvalue weighted by atomic mass is 9.50. The topological polar surface area (TPSA) is 84.0 Å². The third-order valence-electron chi connectivity index (χ3n) is 8.67. The molecule has 2 aromatic rings. The van der Waals surface area contributed by atoms with Gasteiger partial charge in [0.15, 0.2) is 0 Å². The van der Waals surface area contributed by atoms with E-state index in [1.807, 2.05) is 12.3 Å². The average Bonchev–Trinajstić information content (AvgIpc) is 2.82. The average molecular weight is 502 g/mol. The quantitative estimate of drug-likeness (QED) is 0.211. The molecule has 0 spiro atoms. The maximum absolute atomic E-state index is 12.6. The largest absolute Gasteiger partial charge is 0.385 e. The van der Waals surface area contributed by atoms with E-state index in [4.69, 9.17) is 5.41 Å². The van der Waals surface area contributed by atoms with Gasteiger partial charge in [0, 0.05) is 47.2 Å². The molecule has 1 heterocycles. The SMILES string of the molecule is C=C(CCNc1cccc(C2(C(=C)NC=N)CC(C)(C)C2)c1)c1cc(CN(C)C2(C)CCC2)c[nH]c1=O. The number of anilines is 1. The minimum Gasteiger partial charge on any atom is -0.385 e. The van der Waals surface area contributed by atoms with Crippen LogP contribution in [0, 0.1) is 10.8 Å². The first-order valence-electron chi connectivity index (χ1n) is 13.4. The molecule has 6 heteroatoms. The summed E-state index contributed by atoms with van der Waals surface area (Å²) in [6, 6.07) is 10.5. The van der Waals surface area contributed by atoms with Gasteiger partial charge >= 0.3 is 0 Å². The lowest BCUT2D eigenvalue weighted by Crippen LogP contribution is -2.50. The van der Waals surface area contributed by atoms with E-state index in [1.54, 1.807) is 0 Å². The molecule has 2 fully saturated rings. The number of hydrogen-bond acceptors (Lipinski definition) is 4. The zero-order valence-electron chi connectivity index (χ0n) is 23.0. The van der Waals surface area contributed by atoms with Crippen LogP contribution in [0.25, 0.3) is 5.57 Å². The molecule has 2 aliphatic carbocycles. The van der Waals surface area contributed by atoms with Crippen molar-refractivity contribution in [3.8, 4) is 0 Å². The summed E-state index contributed by atoms with van der Waals surface area (Å²) in [6.07, 6.45) is 9.45. The van der Waals surface area contributed by atoms with Crippen LogP contribution < -0.4 is 16.2 Å². The van der Waals surface area contributed by atoms with E-state index < -0.39 is 0 Å². The Kier molecular flexibility index (Phi) is 7.52. The van der Waals surface area contributed by atoms with Gasteiger partial charge in [-0.1, -0.05) is 39.1 Å². The van der Waals surface area contributed by atoms with E-state index in [1.165, 1.54) is 31.2 Å². The van der Waals surface area contributed by atoms with Crippen LogP contribution in [0.1, 0.15) is 76.0 Å². The highest BCUT2D eigenvalue weighted by molar-refractivity contribution is 5.64. The second-order valence-electron chi connectivity index (χ2n) is 12.2. The van der Waals surface area contributed by atoms with E-state index in [0.29, 0.717) is 18.5 Å². The van der Waals surface area contributed by atoms with Crippen LogP contribution in [0.3, 0.4) is 0 Å². The van der Waals surface area contributed by atoms with Crippen molar-refractivity contribution in [3.05, 3.63) is 82.4 Å². The van der Waals surface area contributed by atoms with Gasteiger partial charge in [0.25, 0.3) is 5.56 Å². The first-order valence-corrected chi connectivity index (χ1v) is 13.4. The van der Waals surface area contributed by atoms with Crippen LogP contribution in [0.4, 0.5) is 5.69 Å². The molecule has 4 N–H and O–H groups in total. The molecule has 2 aliphatic rings. The zero-order valence-corrected chi connectivity index (χ0v) is 23.0. The molecule has 0 saturated heterocycles. The number of nitrogens with zero attached hydrogens (tertiary/aromatic N) is 1. The number of benzene rings is 1. The molecule has 4 rings (SSSR count). The van der Waals surface area contributed by atoms with E-state index in [-0.39, 0.29) is 21.9 Å². The molecule has 0 atom stereocenters. The van der Waals surface area contributed by atoms with Gasteiger partial charge in [-0.25, -0.2) is 0 Å². The van der Waals surface area contributed by atoms with Crippen LogP contribution in [0.15, 0.2) is 60.2 Å². The third-order valence-corrected chi connectivity index (χ3v) is 8.67. The fraction of sp³-hybridized carbons (Fsp3) is 0.484. The normalized spacial score (nSPS) is 18.8. The van der Waals surface area contributed by atoms with Crippen LogP contribution in [0.5, 0.6) is 0 Å². The van der Waals surface area contributed by atoms with Crippen molar-refractivity contribution >= 4 is 17.6 Å². The highest BCUT2D eigenvalue weighted by atomic mass is 16.1. The Morgan fingerprint density at radius 1 is 1.19 bits per heavy atom. The van der Waals surface area contributed by atoms with Crippen molar-refractivity contribution in [2.24, 2.45) is 5.41 Å². The number of rotatable bonds is 12. The highest BCUT2D eigenvalue weighted by Gasteiger charge is 2.52. The molecular formula is C31H43N5O. The molecule has 6 nitrogen and oxygen atoms in total. The van der Waals surface area contributed by atoms with Crippen molar-refractivity contribution in [1.29, 1.82) is 5.41 Å². The summed E-state index contributed by atoms with van der Waals surface area (Å²) >= 11 is 0. The minimum absolute atomic E-state index is 0.0833. The number of nitrogens with one attached hydrogen (secondary N) is 4. The van der Waals surface area contributed by atoms with E-state index in [0.717, 1.165) is 41.9 Å². The predicted octanol–water partition coefficient (Wildman–Crippen LogP) is 6.03. The molecule has 0 unspecified atom stereocenters. The van der Waals surface area contributed by atoms with Gasteiger partial charge in [-0.15, -0.1) is 0 Å². The molecular weight excluding hydrogens is 458 g/mol. The Bertz CT molecular complexity index is 1230. The molecule has 0 amide bonds. The molecule has 2 saturated carbocycles. The van der Waals surface area contributed by atoms with Crippen molar-refractivity contribution in [1.82, 2.24) is 15.2 Å². The summed E-state index contributed by atoms with van der Waals surface area (Å²) in [5, 5.41) is 14.0. The summed E-state index contributed by atoms with van der Waals surface area (Å²) < 4.78 is 0. The molecule has 1 aromatic heterocycles. The Balaban J connectivity index is 1.39. The highest BCUT2D eigenvalue weighted by Crippen LogP contribution is 2.58. The first-order chi connectivity index (χ1) is 17.5. The molecule has 1 aromatic carbocycles. The standard InChI is InChI=1S/C31H43N5O/c1-22(27-15-24(17-34-28(27)37)18-36(6)30(5)12-8-13-30)11-14-33-26-10-7-9-25(16-26)31(23(2)35-21-32)19-29(3,4)20-31/h7,9-10,15-17,21,33H,1-2,8,11-14,18-20H2,3-6H3,(H2,32,35)(H,34,37).